The van der Waals surface area contributed by atoms with Gasteiger partial charge < -0.3 is 24.8 Å². The lowest BCUT2D eigenvalue weighted by Crippen LogP contribution is -2.45. The van der Waals surface area contributed by atoms with Gasteiger partial charge >= 0.3 is 12.0 Å². The van der Waals surface area contributed by atoms with Gasteiger partial charge in [-0.05, 0) is 55.0 Å². The first kappa shape index (κ1) is 20.7. The van der Waals surface area contributed by atoms with Crippen molar-refractivity contribution in [3.05, 3.63) is 63.6 Å². The van der Waals surface area contributed by atoms with E-state index in [0.717, 1.165) is 4.47 Å². The molecule has 1 unspecified atom stereocenters. The van der Waals surface area contributed by atoms with Gasteiger partial charge in [0.15, 0.2) is 0 Å². The van der Waals surface area contributed by atoms with Crippen molar-refractivity contribution in [2.75, 3.05) is 20.8 Å². The molecule has 0 aliphatic carbocycles. The normalized spacial score (nSPS) is 16.0. The van der Waals surface area contributed by atoms with Crippen LogP contribution >= 0.6 is 15.9 Å². The summed E-state index contributed by atoms with van der Waals surface area (Å²) in [5, 5.41) is 5.56. The second-order valence-electron chi connectivity index (χ2n) is 6.16. The summed E-state index contributed by atoms with van der Waals surface area (Å²) < 4.78 is 16.8. The van der Waals surface area contributed by atoms with Crippen LogP contribution in [-0.4, -0.2) is 32.8 Å². The van der Waals surface area contributed by atoms with Gasteiger partial charge in [0.1, 0.15) is 11.5 Å². The molecule has 2 aromatic carbocycles. The number of nitrogens with one attached hydrogen (secondary N) is 2. The SMILES string of the molecule is CCOC(=O)C1=C(c2ccc(OC)cc2)NC(=O)NC1c1cc(Br)ccc1OC. The summed E-state index contributed by atoms with van der Waals surface area (Å²) in [4.78, 5) is 25.4. The van der Waals surface area contributed by atoms with Crippen LogP contribution in [0.2, 0.25) is 0 Å². The van der Waals surface area contributed by atoms with Gasteiger partial charge in [0, 0.05) is 10.0 Å². The van der Waals surface area contributed by atoms with Gasteiger partial charge in [0.25, 0.3) is 0 Å². The fourth-order valence-electron chi connectivity index (χ4n) is 3.14. The van der Waals surface area contributed by atoms with Crippen molar-refractivity contribution < 1.29 is 23.8 Å². The van der Waals surface area contributed by atoms with E-state index < -0.39 is 18.0 Å². The molecule has 0 spiro atoms. The van der Waals surface area contributed by atoms with Gasteiger partial charge in [-0.15, -0.1) is 0 Å². The number of hydrogen-bond acceptors (Lipinski definition) is 5. The maximum Gasteiger partial charge on any atom is 0.338 e. The second kappa shape index (κ2) is 9.00. The van der Waals surface area contributed by atoms with Gasteiger partial charge in [-0.2, -0.15) is 0 Å². The van der Waals surface area contributed by atoms with Crippen LogP contribution in [0.4, 0.5) is 4.79 Å². The average Bonchev–Trinajstić information content (AvgIpc) is 2.73. The number of carbonyl (C=O) groups is 2. The predicted octanol–water partition coefficient (Wildman–Crippen LogP) is 3.79. The number of halogens is 1. The molecule has 1 aliphatic heterocycles. The highest BCUT2D eigenvalue weighted by Crippen LogP contribution is 2.37. The molecule has 7 nitrogen and oxygen atoms in total. The van der Waals surface area contributed by atoms with Gasteiger partial charge in [-0.1, -0.05) is 15.9 Å². The maximum absolute atomic E-state index is 12.9. The third-order valence-electron chi connectivity index (χ3n) is 4.45. The summed E-state index contributed by atoms with van der Waals surface area (Å²) in [5.74, 6) is 0.673. The van der Waals surface area contributed by atoms with Crippen LogP contribution in [0.5, 0.6) is 11.5 Å². The van der Waals surface area contributed by atoms with Crippen LogP contribution < -0.4 is 20.1 Å². The molecule has 0 radical (unpaired) electrons. The van der Waals surface area contributed by atoms with Crippen molar-refractivity contribution in [1.82, 2.24) is 10.6 Å². The molecule has 0 saturated carbocycles. The fourth-order valence-corrected chi connectivity index (χ4v) is 3.52. The Labute approximate surface area is 177 Å². The highest BCUT2D eigenvalue weighted by molar-refractivity contribution is 9.10. The lowest BCUT2D eigenvalue weighted by molar-refractivity contribution is -0.138. The van der Waals surface area contributed by atoms with Crippen LogP contribution in [0.15, 0.2) is 52.5 Å². The summed E-state index contributed by atoms with van der Waals surface area (Å²) in [6, 6.07) is 11.3. The minimum Gasteiger partial charge on any atom is -0.497 e. The summed E-state index contributed by atoms with van der Waals surface area (Å²) in [6.45, 7) is 1.93. The summed E-state index contributed by atoms with van der Waals surface area (Å²) in [6.07, 6.45) is 0. The average molecular weight is 461 g/mol. The minimum atomic E-state index is -0.757. The van der Waals surface area contributed by atoms with Gasteiger partial charge in [0.2, 0.25) is 0 Å². The molecule has 1 atom stereocenters. The van der Waals surface area contributed by atoms with Crippen molar-refractivity contribution in [1.29, 1.82) is 0 Å². The molecule has 0 aromatic heterocycles. The minimum absolute atomic E-state index is 0.203. The van der Waals surface area contributed by atoms with Crippen LogP contribution in [0, 0.1) is 0 Å². The molecule has 8 heteroatoms. The number of ether oxygens (including phenoxy) is 3. The number of benzene rings is 2. The van der Waals surface area contributed by atoms with E-state index >= 15 is 0 Å². The monoisotopic (exact) mass is 460 g/mol. The number of hydrogen-bond donors (Lipinski definition) is 2. The van der Waals surface area contributed by atoms with Crippen LogP contribution in [0.1, 0.15) is 24.1 Å². The third-order valence-corrected chi connectivity index (χ3v) is 4.94. The fraction of sp³-hybridized carbons (Fsp3) is 0.238. The number of carbonyl (C=O) groups excluding carboxylic acids is 2. The smallest absolute Gasteiger partial charge is 0.338 e. The molecular formula is C21H21BrN2O5. The number of esters is 1. The molecule has 3 rings (SSSR count). The van der Waals surface area contributed by atoms with E-state index in [1.54, 1.807) is 50.4 Å². The van der Waals surface area contributed by atoms with E-state index in [2.05, 4.69) is 26.6 Å². The molecule has 152 valence electrons. The second-order valence-corrected chi connectivity index (χ2v) is 7.07. The Morgan fingerprint density at radius 3 is 2.45 bits per heavy atom. The van der Waals surface area contributed by atoms with Crippen molar-refractivity contribution in [3.63, 3.8) is 0 Å². The molecule has 1 heterocycles. The highest BCUT2D eigenvalue weighted by atomic mass is 79.9. The zero-order valence-electron chi connectivity index (χ0n) is 16.2. The Morgan fingerprint density at radius 2 is 1.83 bits per heavy atom. The Balaban J connectivity index is 2.22. The summed E-state index contributed by atoms with van der Waals surface area (Å²) in [5.41, 5.74) is 1.95. The van der Waals surface area contributed by atoms with Gasteiger partial charge in [-0.3, -0.25) is 0 Å². The summed E-state index contributed by atoms with van der Waals surface area (Å²) >= 11 is 3.44. The molecular weight excluding hydrogens is 440 g/mol. The van der Waals surface area contributed by atoms with E-state index in [1.165, 1.54) is 7.11 Å². The van der Waals surface area contributed by atoms with E-state index in [-0.39, 0.29) is 12.2 Å². The van der Waals surface area contributed by atoms with E-state index in [4.69, 9.17) is 14.2 Å². The first-order valence-electron chi connectivity index (χ1n) is 8.95. The molecule has 0 saturated heterocycles. The Morgan fingerprint density at radius 1 is 1.10 bits per heavy atom. The maximum atomic E-state index is 12.9. The van der Waals surface area contributed by atoms with Crippen LogP contribution in [0.3, 0.4) is 0 Å². The Kier molecular flexibility index (Phi) is 6.43. The zero-order valence-corrected chi connectivity index (χ0v) is 17.8. The highest BCUT2D eigenvalue weighted by Gasteiger charge is 2.36. The predicted molar refractivity (Wildman–Crippen MR) is 112 cm³/mol. The van der Waals surface area contributed by atoms with Crippen LogP contribution in [0.25, 0.3) is 5.70 Å². The lowest BCUT2D eigenvalue weighted by atomic mass is 9.92. The number of methoxy groups -OCH3 is 2. The number of rotatable bonds is 6. The first-order chi connectivity index (χ1) is 14.0. The van der Waals surface area contributed by atoms with E-state index in [1.807, 2.05) is 6.07 Å². The van der Waals surface area contributed by atoms with E-state index in [0.29, 0.717) is 28.3 Å². The Bertz CT molecular complexity index is 956. The molecule has 1 aliphatic rings. The van der Waals surface area contributed by atoms with Crippen molar-refractivity contribution in [2.24, 2.45) is 0 Å². The van der Waals surface area contributed by atoms with Gasteiger partial charge in [-0.25, -0.2) is 9.59 Å². The quantitative estimate of drug-likeness (QED) is 0.640. The summed E-state index contributed by atoms with van der Waals surface area (Å²) in [7, 11) is 3.11. The third kappa shape index (κ3) is 4.37. The molecule has 2 amide bonds. The van der Waals surface area contributed by atoms with Crippen LogP contribution in [-0.2, 0) is 9.53 Å². The van der Waals surface area contributed by atoms with Crippen molar-refractivity contribution >= 4 is 33.6 Å². The zero-order chi connectivity index (χ0) is 21.0. The standard InChI is InChI=1S/C21H21BrN2O5/c1-4-29-20(25)17-18(12-5-8-14(27-2)9-6-12)23-21(26)24-19(17)15-11-13(22)7-10-16(15)28-3/h5-11,19H,4H2,1-3H3,(H2,23,24,26). The molecule has 2 aromatic rings. The molecule has 0 fully saturated rings. The van der Waals surface area contributed by atoms with Crippen molar-refractivity contribution in [2.45, 2.75) is 13.0 Å². The lowest BCUT2D eigenvalue weighted by Gasteiger charge is -2.30. The van der Waals surface area contributed by atoms with Crippen molar-refractivity contribution in [3.8, 4) is 11.5 Å². The molecule has 0 bridgehead atoms. The topological polar surface area (TPSA) is 85.9 Å². The largest absolute Gasteiger partial charge is 0.497 e. The molecule has 2 N–H and O–H groups in total. The first-order valence-corrected chi connectivity index (χ1v) is 9.74. The molecule has 29 heavy (non-hydrogen) atoms. The number of urea groups is 1. The van der Waals surface area contributed by atoms with Gasteiger partial charge in [0.05, 0.1) is 38.1 Å². The number of amides is 2. The van der Waals surface area contributed by atoms with E-state index in [9.17, 15) is 9.59 Å². The Hall–Kier alpha value is -3.00.